The Morgan fingerprint density at radius 1 is 1.34 bits per heavy atom. The fraction of sp³-hybridized carbons (Fsp3) is 0.500. The fourth-order valence-electron chi connectivity index (χ4n) is 3.84. The summed E-state index contributed by atoms with van der Waals surface area (Å²) < 4.78 is 50.7. The van der Waals surface area contributed by atoms with Gasteiger partial charge in [-0.3, -0.25) is 9.59 Å². The minimum absolute atomic E-state index is 0.0458. The number of hydrogen-bond acceptors (Lipinski definition) is 8. The van der Waals surface area contributed by atoms with Crippen molar-refractivity contribution in [1.82, 2.24) is 15.0 Å². The lowest BCUT2D eigenvalue weighted by Gasteiger charge is -2.29. The third-order valence-electron chi connectivity index (χ3n) is 5.78. The van der Waals surface area contributed by atoms with Crippen LogP contribution < -0.4 is 5.73 Å². The zero-order valence-electron chi connectivity index (χ0n) is 16.8. The summed E-state index contributed by atoms with van der Waals surface area (Å²) in [5, 5.41) is 14.0. The second-order valence-electron chi connectivity index (χ2n) is 8.06. The smallest absolute Gasteiger partial charge is 0.293 e. The zero-order chi connectivity index (χ0) is 23.0. The van der Waals surface area contributed by atoms with Crippen molar-refractivity contribution in [2.75, 3.05) is 6.54 Å². The first-order chi connectivity index (χ1) is 15.2. The van der Waals surface area contributed by atoms with Crippen LogP contribution in [0.25, 0.3) is 0 Å². The van der Waals surface area contributed by atoms with Crippen LogP contribution in [-0.4, -0.2) is 51.2 Å². The molecule has 9 nitrogen and oxygen atoms in total. The van der Waals surface area contributed by atoms with Crippen molar-refractivity contribution >= 4 is 12.4 Å². The lowest BCUT2D eigenvalue weighted by molar-refractivity contribution is -0.153. The van der Waals surface area contributed by atoms with E-state index in [4.69, 9.17) is 15.0 Å². The Balaban J connectivity index is 1.52. The molecule has 1 aliphatic carbocycles. The molecule has 3 atom stereocenters. The van der Waals surface area contributed by atoms with Gasteiger partial charge in [0.25, 0.3) is 18.3 Å². The van der Waals surface area contributed by atoms with Gasteiger partial charge in [-0.15, -0.1) is 0 Å². The van der Waals surface area contributed by atoms with Crippen molar-refractivity contribution in [2.45, 2.75) is 55.9 Å². The molecule has 12 heteroatoms. The number of ether oxygens (including phenoxy) is 1. The molecule has 2 heterocycles. The van der Waals surface area contributed by atoms with Gasteiger partial charge in [-0.1, -0.05) is 5.16 Å². The Labute approximate surface area is 180 Å². The molecule has 1 saturated heterocycles. The molecule has 4 rings (SSSR count). The summed E-state index contributed by atoms with van der Waals surface area (Å²) in [6, 6.07) is -0.796. The summed E-state index contributed by atoms with van der Waals surface area (Å²) in [5.74, 6) is -4.03. The second kappa shape index (κ2) is 8.51. The number of aliphatic hydroxyl groups is 1. The van der Waals surface area contributed by atoms with Gasteiger partial charge in [0.1, 0.15) is 11.4 Å². The highest BCUT2D eigenvalue weighted by Gasteiger charge is 2.48. The van der Waals surface area contributed by atoms with Crippen LogP contribution in [0.4, 0.5) is 13.2 Å². The SMILES string of the molecule is N[C@H](Cc1cc(F)c(F)cc1F)C(OC=O)C(=O)N1CCC[C@H]1c1noc(C2(O)CC2)n1. The first-order valence-electron chi connectivity index (χ1n) is 10.1. The number of benzene rings is 1. The van der Waals surface area contributed by atoms with Gasteiger partial charge in [0.2, 0.25) is 0 Å². The van der Waals surface area contributed by atoms with E-state index in [9.17, 15) is 27.9 Å². The molecule has 172 valence electrons. The van der Waals surface area contributed by atoms with E-state index in [0.717, 1.165) is 0 Å². The number of carbonyl (C=O) groups excluding carboxylic acids is 2. The predicted molar refractivity (Wildman–Crippen MR) is 100 cm³/mol. The highest BCUT2D eigenvalue weighted by Crippen LogP contribution is 2.45. The van der Waals surface area contributed by atoms with E-state index in [2.05, 4.69) is 10.1 Å². The first kappa shape index (κ1) is 22.2. The van der Waals surface area contributed by atoms with E-state index in [0.29, 0.717) is 44.4 Å². The van der Waals surface area contributed by atoms with Crippen LogP contribution in [0.5, 0.6) is 0 Å². The molecule has 2 fully saturated rings. The molecular weight excluding hydrogens is 433 g/mol. The molecule has 0 bridgehead atoms. The number of aromatic nitrogens is 2. The van der Waals surface area contributed by atoms with Gasteiger partial charge in [0.05, 0.1) is 12.1 Å². The molecule has 32 heavy (non-hydrogen) atoms. The summed E-state index contributed by atoms with van der Waals surface area (Å²) in [6.07, 6.45) is 0.235. The number of likely N-dealkylation sites (tertiary alicyclic amines) is 1. The largest absolute Gasteiger partial charge is 0.453 e. The third kappa shape index (κ3) is 4.19. The number of halogens is 3. The molecule has 1 unspecified atom stereocenters. The van der Waals surface area contributed by atoms with E-state index in [1.165, 1.54) is 4.90 Å². The summed E-state index contributed by atoms with van der Waals surface area (Å²) in [5.41, 5.74) is 4.63. The molecular formula is C20H21F3N4O5. The van der Waals surface area contributed by atoms with E-state index in [1.54, 1.807) is 0 Å². The van der Waals surface area contributed by atoms with Gasteiger partial charge in [-0.2, -0.15) is 4.98 Å². The molecule has 1 amide bonds. The second-order valence-corrected chi connectivity index (χ2v) is 8.06. The number of carbonyl (C=O) groups is 2. The quantitative estimate of drug-likeness (QED) is 0.450. The van der Waals surface area contributed by atoms with Gasteiger partial charge in [-0.05, 0) is 43.7 Å². The average molecular weight is 454 g/mol. The van der Waals surface area contributed by atoms with E-state index in [-0.39, 0.29) is 30.2 Å². The monoisotopic (exact) mass is 454 g/mol. The van der Waals surface area contributed by atoms with Crippen LogP contribution in [0.1, 0.15) is 49.0 Å². The first-order valence-corrected chi connectivity index (χ1v) is 10.1. The van der Waals surface area contributed by atoms with E-state index >= 15 is 0 Å². The van der Waals surface area contributed by atoms with Gasteiger partial charge in [0.15, 0.2) is 23.6 Å². The minimum Gasteiger partial charge on any atom is -0.453 e. The van der Waals surface area contributed by atoms with E-state index in [1.807, 2.05) is 0 Å². The fourth-order valence-corrected chi connectivity index (χ4v) is 3.84. The summed E-state index contributed by atoms with van der Waals surface area (Å²) in [7, 11) is 0. The molecule has 1 aromatic heterocycles. The van der Waals surface area contributed by atoms with Crippen molar-refractivity contribution in [3.63, 3.8) is 0 Å². The molecule has 3 N–H and O–H groups in total. The summed E-state index contributed by atoms with van der Waals surface area (Å²) >= 11 is 0. The Hall–Kier alpha value is -2.99. The molecule has 1 aromatic carbocycles. The van der Waals surface area contributed by atoms with E-state index < -0.39 is 47.1 Å². The zero-order valence-corrected chi connectivity index (χ0v) is 16.8. The van der Waals surface area contributed by atoms with Crippen LogP contribution in [0.15, 0.2) is 16.7 Å². The molecule has 1 saturated carbocycles. The Bertz CT molecular complexity index is 1030. The highest BCUT2D eigenvalue weighted by molar-refractivity contribution is 5.83. The molecule has 0 spiro atoms. The summed E-state index contributed by atoms with van der Waals surface area (Å²) in [4.78, 5) is 29.8. The highest BCUT2D eigenvalue weighted by atomic mass is 19.2. The Morgan fingerprint density at radius 3 is 2.75 bits per heavy atom. The number of rotatable bonds is 8. The van der Waals surface area contributed by atoms with Gasteiger partial charge in [-0.25, -0.2) is 13.2 Å². The van der Waals surface area contributed by atoms with Crippen LogP contribution in [0.3, 0.4) is 0 Å². The molecule has 0 radical (unpaired) electrons. The van der Waals surface area contributed by atoms with Crippen molar-refractivity contribution < 1.29 is 37.1 Å². The lowest BCUT2D eigenvalue weighted by atomic mass is 10.00. The van der Waals surface area contributed by atoms with Gasteiger partial charge in [0, 0.05) is 12.6 Å². The standard InChI is InChI=1S/C20H21F3N4O5/c21-11-8-13(23)12(22)6-10(11)7-14(24)16(31-9-28)18(29)27-5-1-2-15(27)17-25-19(32-26-17)20(30)3-4-20/h6,8-9,14-16,30H,1-5,7,24H2/t14-,15+,16?/m1/s1. The topological polar surface area (TPSA) is 132 Å². The Morgan fingerprint density at radius 2 is 2.06 bits per heavy atom. The van der Waals surface area contributed by atoms with Gasteiger partial charge < -0.3 is 25.0 Å². The maximum absolute atomic E-state index is 14.0. The van der Waals surface area contributed by atoms with Crippen LogP contribution in [-0.2, 0) is 26.3 Å². The molecule has 2 aromatic rings. The normalized spacial score (nSPS) is 21.3. The van der Waals surface area contributed by atoms with Crippen molar-refractivity contribution in [1.29, 1.82) is 0 Å². The van der Waals surface area contributed by atoms with Gasteiger partial charge >= 0.3 is 0 Å². The van der Waals surface area contributed by atoms with Crippen molar-refractivity contribution in [2.24, 2.45) is 5.73 Å². The molecule has 2 aliphatic rings. The van der Waals surface area contributed by atoms with Crippen molar-refractivity contribution in [3.8, 4) is 0 Å². The Kier molecular flexibility index (Phi) is 5.91. The lowest BCUT2D eigenvalue weighted by Crippen LogP contribution is -2.50. The van der Waals surface area contributed by atoms with Crippen LogP contribution in [0, 0.1) is 17.5 Å². The maximum atomic E-state index is 14.0. The predicted octanol–water partition coefficient (Wildman–Crippen LogP) is 1.24. The van der Waals surface area contributed by atoms with Crippen LogP contribution in [0.2, 0.25) is 0 Å². The van der Waals surface area contributed by atoms with Crippen LogP contribution >= 0.6 is 0 Å². The van der Waals surface area contributed by atoms with Crippen molar-refractivity contribution in [3.05, 3.63) is 46.9 Å². The third-order valence-corrected chi connectivity index (χ3v) is 5.78. The maximum Gasteiger partial charge on any atom is 0.293 e. The number of amides is 1. The number of hydrogen-bond donors (Lipinski definition) is 2. The number of nitrogens with two attached hydrogens (primary N) is 1. The summed E-state index contributed by atoms with van der Waals surface area (Å²) in [6.45, 7) is 0.340. The molecule has 1 aliphatic heterocycles. The number of nitrogens with zero attached hydrogens (tertiary/aromatic N) is 3. The minimum atomic E-state index is -1.50. The average Bonchev–Trinajstić information content (AvgIpc) is 3.16.